The number of aryl methyl sites for hydroxylation is 1. The van der Waals surface area contributed by atoms with E-state index in [1.165, 1.54) is 11.3 Å². The lowest BCUT2D eigenvalue weighted by Gasteiger charge is -2.08. The smallest absolute Gasteiger partial charge is 0.260 e. The van der Waals surface area contributed by atoms with Gasteiger partial charge in [-0.05, 0) is 20.4 Å². The highest BCUT2D eigenvalue weighted by atomic mass is 32.1. The summed E-state index contributed by atoms with van der Waals surface area (Å²) in [4.78, 5) is 16.6. The van der Waals surface area contributed by atoms with E-state index in [9.17, 15) is 4.79 Å². The van der Waals surface area contributed by atoms with Crippen LogP contribution in [0, 0.1) is 6.92 Å². The number of thiazole rings is 1. The quantitative estimate of drug-likeness (QED) is 0.885. The summed E-state index contributed by atoms with van der Waals surface area (Å²) in [5, 5.41) is 12.7. The molecule has 0 aromatic carbocycles. The molecule has 0 radical (unpaired) electrons. The molecule has 2 rings (SSSR count). The molecule has 0 aliphatic rings. The first-order valence-electron chi connectivity index (χ1n) is 6.51. The van der Waals surface area contributed by atoms with E-state index in [0.29, 0.717) is 10.7 Å². The molecule has 2 N–H and O–H groups in total. The zero-order valence-electron chi connectivity index (χ0n) is 12.1. The molecular formula is C13H19N5OS. The Labute approximate surface area is 122 Å². The van der Waals surface area contributed by atoms with Crippen molar-refractivity contribution in [3.8, 4) is 0 Å². The Morgan fingerprint density at radius 2 is 2.30 bits per heavy atom. The van der Waals surface area contributed by atoms with E-state index in [1.54, 1.807) is 10.9 Å². The van der Waals surface area contributed by atoms with E-state index >= 15 is 0 Å². The minimum absolute atomic E-state index is 0.174. The van der Waals surface area contributed by atoms with Gasteiger partial charge in [0.25, 0.3) is 5.91 Å². The Morgan fingerprint density at radius 1 is 1.55 bits per heavy atom. The first-order chi connectivity index (χ1) is 9.52. The average Bonchev–Trinajstić information content (AvgIpc) is 2.99. The van der Waals surface area contributed by atoms with Crippen LogP contribution in [0.15, 0.2) is 11.6 Å². The maximum Gasteiger partial charge on any atom is 0.260 e. The van der Waals surface area contributed by atoms with Crippen LogP contribution in [0.1, 0.15) is 41.6 Å². The van der Waals surface area contributed by atoms with Crippen molar-refractivity contribution in [2.24, 2.45) is 7.05 Å². The molecule has 0 saturated heterocycles. The van der Waals surface area contributed by atoms with E-state index in [4.69, 9.17) is 0 Å². The predicted octanol–water partition coefficient (Wildman–Crippen LogP) is 2.11. The number of hydrogen-bond donors (Lipinski definition) is 2. The first kappa shape index (κ1) is 14.7. The van der Waals surface area contributed by atoms with Crippen molar-refractivity contribution in [2.75, 3.05) is 11.9 Å². The highest BCUT2D eigenvalue weighted by Crippen LogP contribution is 2.21. The van der Waals surface area contributed by atoms with Crippen LogP contribution in [0.5, 0.6) is 0 Å². The molecule has 1 unspecified atom stereocenters. The van der Waals surface area contributed by atoms with Crippen LogP contribution >= 0.6 is 11.3 Å². The molecule has 0 aliphatic carbocycles. The van der Waals surface area contributed by atoms with Crippen molar-refractivity contribution in [1.29, 1.82) is 0 Å². The molecule has 7 heteroatoms. The molecule has 20 heavy (non-hydrogen) atoms. The van der Waals surface area contributed by atoms with Crippen LogP contribution in [0.25, 0.3) is 0 Å². The molecule has 0 aliphatic heterocycles. The van der Waals surface area contributed by atoms with Crippen LogP contribution in [-0.2, 0) is 7.05 Å². The van der Waals surface area contributed by atoms with Crippen molar-refractivity contribution in [3.05, 3.63) is 28.5 Å². The number of amides is 1. The minimum atomic E-state index is -0.174. The van der Waals surface area contributed by atoms with Crippen molar-refractivity contribution in [3.63, 3.8) is 0 Å². The zero-order chi connectivity index (χ0) is 14.7. The number of carbonyl (C=O) groups is 1. The Kier molecular flexibility index (Phi) is 4.51. The van der Waals surface area contributed by atoms with Gasteiger partial charge in [0, 0.05) is 24.2 Å². The molecule has 2 heterocycles. The van der Waals surface area contributed by atoms with Gasteiger partial charge in [-0.1, -0.05) is 6.92 Å². The van der Waals surface area contributed by atoms with Crippen LogP contribution in [-0.4, -0.2) is 27.2 Å². The number of nitrogens with zero attached hydrogens (tertiary/aromatic N) is 3. The third-order valence-electron chi connectivity index (χ3n) is 3.18. The van der Waals surface area contributed by atoms with E-state index in [2.05, 4.69) is 34.6 Å². The Balaban J connectivity index is 2.07. The summed E-state index contributed by atoms with van der Waals surface area (Å²) >= 11 is 1.43. The second-order valence-electron chi connectivity index (χ2n) is 4.58. The molecule has 6 nitrogen and oxygen atoms in total. The van der Waals surface area contributed by atoms with E-state index in [1.807, 2.05) is 19.4 Å². The monoisotopic (exact) mass is 293 g/mol. The first-order valence-corrected chi connectivity index (χ1v) is 7.39. The summed E-state index contributed by atoms with van der Waals surface area (Å²) in [6.45, 7) is 6.85. The molecule has 108 valence electrons. The number of rotatable bonds is 5. The fourth-order valence-corrected chi connectivity index (χ4v) is 2.64. The molecule has 1 amide bonds. The zero-order valence-corrected chi connectivity index (χ0v) is 12.9. The van der Waals surface area contributed by atoms with E-state index in [-0.39, 0.29) is 11.9 Å². The van der Waals surface area contributed by atoms with Gasteiger partial charge in [0.1, 0.15) is 0 Å². The number of hydrogen-bond acceptors (Lipinski definition) is 5. The lowest BCUT2D eigenvalue weighted by atomic mass is 10.2. The summed E-state index contributed by atoms with van der Waals surface area (Å²) in [6.07, 6.45) is 1.57. The fourth-order valence-electron chi connectivity index (χ4n) is 1.84. The van der Waals surface area contributed by atoms with Crippen LogP contribution in [0.2, 0.25) is 0 Å². The SMILES string of the molecule is CCNC(C)c1csc(NC(=O)c2cnn(C)c2C)n1. The van der Waals surface area contributed by atoms with Gasteiger partial charge in [-0.15, -0.1) is 11.3 Å². The van der Waals surface area contributed by atoms with E-state index in [0.717, 1.165) is 17.9 Å². The number of aromatic nitrogens is 3. The van der Waals surface area contributed by atoms with Crippen molar-refractivity contribution < 1.29 is 4.79 Å². The van der Waals surface area contributed by atoms with Gasteiger partial charge in [-0.25, -0.2) is 4.98 Å². The normalized spacial score (nSPS) is 12.4. The van der Waals surface area contributed by atoms with Crippen LogP contribution in [0.3, 0.4) is 0 Å². The van der Waals surface area contributed by atoms with Gasteiger partial charge >= 0.3 is 0 Å². The van der Waals surface area contributed by atoms with Crippen molar-refractivity contribution in [1.82, 2.24) is 20.1 Å². The summed E-state index contributed by atoms with van der Waals surface area (Å²) < 4.78 is 1.68. The summed E-state index contributed by atoms with van der Waals surface area (Å²) in [5.41, 5.74) is 2.35. The Morgan fingerprint density at radius 3 is 2.90 bits per heavy atom. The minimum Gasteiger partial charge on any atom is -0.309 e. The van der Waals surface area contributed by atoms with Gasteiger partial charge in [-0.2, -0.15) is 5.10 Å². The second kappa shape index (κ2) is 6.15. The lowest BCUT2D eigenvalue weighted by molar-refractivity contribution is 0.102. The fraction of sp³-hybridized carbons (Fsp3) is 0.462. The largest absolute Gasteiger partial charge is 0.309 e. The highest BCUT2D eigenvalue weighted by molar-refractivity contribution is 7.14. The van der Waals surface area contributed by atoms with E-state index < -0.39 is 0 Å². The van der Waals surface area contributed by atoms with Gasteiger partial charge in [0.05, 0.1) is 17.5 Å². The molecule has 2 aromatic rings. The summed E-state index contributed by atoms with van der Waals surface area (Å²) in [5.74, 6) is -0.174. The lowest BCUT2D eigenvalue weighted by Crippen LogP contribution is -2.18. The van der Waals surface area contributed by atoms with Crippen LogP contribution in [0.4, 0.5) is 5.13 Å². The van der Waals surface area contributed by atoms with Gasteiger partial charge in [0.2, 0.25) is 0 Å². The topological polar surface area (TPSA) is 71.8 Å². The Bertz CT molecular complexity index is 604. The third kappa shape index (κ3) is 3.05. The average molecular weight is 293 g/mol. The molecule has 0 bridgehead atoms. The Hall–Kier alpha value is -1.73. The van der Waals surface area contributed by atoms with Gasteiger partial charge in [-0.3, -0.25) is 14.8 Å². The molecule has 2 aromatic heterocycles. The molecule has 0 fully saturated rings. The maximum atomic E-state index is 12.1. The third-order valence-corrected chi connectivity index (χ3v) is 3.95. The second-order valence-corrected chi connectivity index (χ2v) is 5.44. The van der Waals surface area contributed by atoms with Crippen LogP contribution < -0.4 is 10.6 Å². The molecule has 1 atom stereocenters. The molecule has 0 saturated carbocycles. The van der Waals surface area contributed by atoms with Gasteiger partial charge < -0.3 is 5.32 Å². The number of carbonyl (C=O) groups excluding carboxylic acids is 1. The highest BCUT2D eigenvalue weighted by Gasteiger charge is 2.15. The van der Waals surface area contributed by atoms with Gasteiger partial charge in [0.15, 0.2) is 5.13 Å². The number of nitrogens with one attached hydrogen (secondary N) is 2. The standard InChI is InChI=1S/C13H19N5OS/c1-5-14-8(2)11-7-20-13(16-11)17-12(19)10-6-15-18(4)9(10)3/h6-8,14H,5H2,1-4H3,(H,16,17,19). The number of anilines is 1. The summed E-state index contributed by atoms with van der Waals surface area (Å²) in [7, 11) is 1.81. The molecular weight excluding hydrogens is 274 g/mol. The van der Waals surface area contributed by atoms with Crippen molar-refractivity contribution >= 4 is 22.4 Å². The summed E-state index contributed by atoms with van der Waals surface area (Å²) in [6, 6.07) is 0.182. The predicted molar refractivity (Wildman–Crippen MR) is 80.1 cm³/mol. The van der Waals surface area contributed by atoms with Crippen molar-refractivity contribution in [2.45, 2.75) is 26.8 Å². The molecule has 0 spiro atoms. The maximum absolute atomic E-state index is 12.1.